The highest BCUT2D eigenvalue weighted by Gasteiger charge is 2.22. The van der Waals surface area contributed by atoms with Gasteiger partial charge in [-0.1, -0.05) is 12.1 Å². The van der Waals surface area contributed by atoms with Crippen molar-refractivity contribution in [1.29, 1.82) is 0 Å². The number of amides is 1. The molecule has 0 fully saturated rings. The number of carbonyl (C=O) groups is 2. The monoisotopic (exact) mass is 356 g/mol. The van der Waals surface area contributed by atoms with Gasteiger partial charge in [-0.25, -0.2) is 4.79 Å². The van der Waals surface area contributed by atoms with Crippen LogP contribution in [-0.2, 0) is 22.5 Å². The number of carbonyl (C=O) groups excluding carboxylic acids is 2. The van der Waals surface area contributed by atoms with E-state index in [2.05, 4.69) is 4.98 Å². The normalized spacial score (nSPS) is 13.2. The first-order valence-corrected chi connectivity index (χ1v) is 8.21. The Bertz CT molecular complexity index is 804. The van der Waals surface area contributed by atoms with E-state index in [0.29, 0.717) is 43.1 Å². The van der Waals surface area contributed by atoms with Crippen molar-refractivity contribution < 1.29 is 23.8 Å². The van der Waals surface area contributed by atoms with Crippen molar-refractivity contribution in [2.45, 2.75) is 13.0 Å². The predicted molar refractivity (Wildman–Crippen MR) is 93.2 cm³/mol. The second-order valence-electron chi connectivity index (χ2n) is 5.85. The molecule has 0 atom stereocenters. The first-order valence-electron chi connectivity index (χ1n) is 8.21. The van der Waals surface area contributed by atoms with Crippen molar-refractivity contribution in [2.24, 2.45) is 0 Å². The zero-order valence-electron chi connectivity index (χ0n) is 14.7. The van der Waals surface area contributed by atoms with Crippen molar-refractivity contribution in [2.75, 3.05) is 27.4 Å². The van der Waals surface area contributed by atoms with Crippen LogP contribution >= 0.6 is 0 Å². The summed E-state index contributed by atoms with van der Waals surface area (Å²) in [7, 11) is 2.92. The maximum absolute atomic E-state index is 12.6. The van der Waals surface area contributed by atoms with Gasteiger partial charge in [-0.3, -0.25) is 9.78 Å². The molecule has 0 saturated heterocycles. The highest BCUT2D eigenvalue weighted by Crippen LogP contribution is 2.23. The van der Waals surface area contributed by atoms with Crippen molar-refractivity contribution >= 4 is 11.9 Å². The molecular formula is C19H20N2O5. The van der Waals surface area contributed by atoms with Crippen LogP contribution < -0.4 is 9.47 Å². The van der Waals surface area contributed by atoms with Crippen LogP contribution in [0.2, 0.25) is 0 Å². The van der Waals surface area contributed by atoms with Crippen LogP contribution in [0, 0.1) is 0 Å². The van der Waals surface area contributed by atoms with Crippen LogP contribution in [-0.4, -0.2) is 49.1 Å². The number of fused-ring (bicyclic) bond motifs is 1. The minimum Gasteiger partial charge on any atom is -0.497 e. The Morgan fingerprint density at radius 1 is 1.23 bits per heavy atom. The molecule has 1 aromatic carbocycles. The molecule has 1 aliphatic heterocycles. The summed E-state index contributed by atoms with van der Waals surface area (Å²) in [5.41, 5.74) is 1.86. The van der Waals surface area contributed by atoms with Crippen LogP contribution in [0.3, 0.4) is 0 Å². The number of pyridine rings is 1. The molecule has 1 aliphatic rings. The lowest BCUT2D eigenvalue weighted by molar-refractivity contribution is -0.131. The quantitative estimate of drug-likeness (QED) is 0.778. The van der Waals surface area contributed by atoms with Crippen LogP contribution in [0.4, 0.5) is 0 Å². The second-order valence-corrected chi connectivity index (χ2v) is 5.85. The summed E-state index contributed by atoms with van der Waals surface area (Å²) in [6, 6.07) is 9.02. The Morgan fingerprint density at radius 3 is 2.69 bits per heavy atom. The van der Waals surface area contributed by atoms with E-state index in [0.717, 1.165) is 11.3 Å². The lowest BCUT2D eigenvalue weighted by Gasteiger charge is -2.19. The third-order valence-corrected chi connectivity index (χ3v) is 4.18. The maximum Gasteiger partial charge on any atom is 0.339 e. The van der Waals surface area contributed by atoms with Crippen molar-refractivity contribution in [1.82, 2.24) is 9.88 Å². The molecule has 0 bridgehead atoms. The second kappa shape index (κ2) is 7.86. The maximum atomic E-state index is 12.6. The summed E-state index contributed by atoms with van der Waals surface area (Å²) >= 11 is 0. The molecule has 26 heavy (non-hydrogen) atoms. The summed E-state index contributed by atoms with van der Waals surface area (Å²) < 4.78 is 15.5. The third kappa shape index (κ3) is 3.93. The molecule has 0 aliphatic carbocycles. The fraction of sp³-hybridized carbons (Fsp3) is 0.316. The average molecular weight is 356 g/mol. The summed E-state index contributed by atoms with van der Waals surface area (Å²) in [5.74, 6) is 0.780. The van der Waals surface area contributed by atoms with Crippen LogP contribution in [0.15, 0.2) is 36.5 Å². The number of ether oxygens (including phenoxy) is 3. The summed E-state index contributed by atoms with van der Waals surface area (Å²) in [6.07, 6.45) is 1.73. The van der Waals surface area contributed by atoms with Gasteiger partial charge in [0.1, 0.15) is 23.8 Å². The van der Waals surface area contributed by atoms with E-state index in [1.807, 2.05) is 24.3 Å². The van der Waals surface area contributed by atoms with Gasteiger partial charge >= 0.3 is 5.97 Å². The van der Waals surface area contributed by atoms with E-state index < -0.39 is 5.97 Å². The minimum atomic E-state index is -0.472. The van der Waals surface area contributed by atoms with E-state index >= 15 is 0 Å². The van der Waals surface area contributed by atoms with Gasteiger partial charge in [-0.05, 0) is 23.8 Å². The van der Waals surface area contributed by atoms with E-state index in [1.54, 1.807) is 18.1 Å². The van der Waals surface area contributed by atoms with Gasteiger partial charge in [-0.2, -0.15) is 0 Å². The minimum absolute atomic E-state index is 0.00883. The smallest absolute Gasteiger partial charge is 0.339 e. The fourth-order valence-electron chi connectivity index (χ4n) is 2.71. The number of nitrogens with zero attached hydrogens (tertiary/aromatic N) is 2. The lowest BCUT2D eigenvalue weighted by atomic mass is 10.1. The third-order valence-electron chi connectivity index (χ3n) is 4.18. The zero-order valence-corrected chi connectivity index (χ0v) is 14.7. The summed E-state index contributed by atoms with van der Waals surface area (Å²) in [5, 5.41) is 0. The molecule has 0 N–H and O–H groups in total. The molecule has 3 rings (SSSR count). The van der Waals surface area contributed by atoms with E-state index in [-0.39, 0.29) is 5.91 Å². The molecule has 0 spiro atoms. The average Bonchev–Trinajstić information content (AvgIpc) is 2.89. The van der Waals surface area contributed by atoms with Crippen LogP contribution in [0.25, 0.3) is 0 Å². The Labute approximate surface area is 151 Å². The van der Waals surface area contributed by atoms with Gasteiger partial charge in [-0.15, -0.1) is 0 Å². The first-order chi connectivity index (χ1) is 12.6. The standard InChI is InChI=1S/C19H20N2O5/c1-24-15-5-3-13(4-6-15)9-18(22)21-7-8-26-17-10-14(19(23)25-2)11-20-16(17)12-21/h3-6,10-11H,7-9,12H2,1-2H3. The molecule has 0 saturated carbocycles. The Balaban J connectivity index is 1.71. The number of aromatic nitrogens is 1. The summed E-state index contributed by atoms with van der Waals surface area (Å²) in [6.45, 7) is 1.14. The molecule has 7 heteroatoms. The highest BCUT2D eigenvalue weighted by atomic mass is 16.5. The van der Waals surface area contributed by atoms with Crippen LogP contribution in [0.1, 0.15) is 21.6 Å². The van der Waals surface area contributed by atoms with Crippen molar-refractivity contribution in [3.05, 3.63) is 53.3 Å². The molecule has 1 aromatic heterocycles. The molecule has 7 nitrogen and oxygen atoms in total. The number of esters is 1. The predicted octanol–water partition coefficient (Wildman–Crippen LogP) is 1.84. The molecule has 0 radical (unpaired) electrons. The van der Waals surface area contributed by atoms with Crippen molar-refractivity contribution in [3.63, 3.8) is 0 Å². The molecular weight excluding hydrogens is 336 g/mol. The largest absolute Gasteiger partial charge is 0.497 e. The molecule has 2 aromatic rings. The van der Waals surface area contributed by atoms with Gasteiger partial charge in [0.25, 0.3) is 0 Å². The van der Waals surface area contributed by atoms with E-state index in [4.69, 9.17) is 14.2 Å². The summed E-state index contributed by atoms with van der Waals surface area (Å²) in [4.78, 5) is 30.2. The van der Waals surface area contributed by atoms with Gasteiger partial charge in [0.05, 0.1) is 39.3 Å². The molecule has 2 heterocycles. The molecule has 0 unspecified atom stereocenters. The molecule has 136 valence electrons. The zero-order chi connectivity index (χ0) is 18.5. The number of hydrogen-bond donors (Lipinski definition) is 0. The van der Waals surface area contributed by atoms with Gasteiger partial charge in [0.15, 0.2) is 0 Å². The highest BCUT2D eigenvalue weighted by molar-refractivity contribution is 5.89. The number of hydrogen-bond acceptors (Lipinski definition) is 6. The first kappa shape index (κ1) is 17.7. The van der Waals surface area contributed by atoms with Crippen molar-refractivity contribution in [3.8, 4) is 11.5 Å². The molecule has 1 amide bonds. The Kier molecular flexibility index (Phi) is 5.36. The SMILES string of the molecule is COC(=O)c1cnc2c(c1)OCCN(C(=O)Cc1ccc(OC)cc1)C2. The van der Waals surface area contributed by atoms with Gasteiger partial charge < -0.3 is 19.1 Å². The Morgan fingerprint density at radius 2 is 2.00 bits per heavy atom. The van der Waals surface area contributed by atoms with Gasteiger partial charge in [0.2, 0.25) is 5.91 Å². The van der Waals surface area contributed by atoms with E-state index in [1.165, 1.54) is 13.3 Å². The topological polar surface area (TPSA) is 78.0 Å². The van der Waals surface area contributed by atoms with Crippen LogP contribution in [0.5, 0.6) is 11.5 Å². The number of rotatable bonds is 4. The number of methoxy groups -OCH3 is 2. The Hall–Kier alpha value is -3.09. The lowest BCUT2D eigenvalue weighted by Crippen LogP contribution is -2.33. The van der Waals surface area contributed by atoms with Gasteiger partial charge in [0, 0.05) is 6.20 Å². The van der Waals surface area contributed by atoms with E-state index in [9.17, 15) is 9.59 Å². The number of benzene rings is 1. The fourth-order valence-corrected chi connectivity index (χ4v) is 2.71.